The largest absolute Gasteiger partial charge is 0.324 e. The first-order chi connectivity index (χ1) is 8.28. The van der Waals surface area contributed by atoms with E-state index in [-0.39, 0.29) is 5.95 Å². The molecule has 88 valence electrons. The summed E-state index contributed by atoms with van der Waals surface area (Å²) in [6, 6.07) is 9.12. The topological polar surface area (TPSA) is 37.8 Å². The van der Waals surface area contributed by atoms with Crippen LogP contribution in [0, 0.1) is 5.95 Å². The summed E-state index contributed by atoms with van der Waals surface area (Å²) in [5.74, 6) is 0.675. The van der Waals surface area contributed by atoms with Crippen LogP contribution in [-0.2, 0) is 5.75 Å². The Bertz CT molecular complexity index is 505. The molecule has 0 aliphatic carbocycles. The summed E-state index contributed by atoms with van der Waals surface area (Å²) in [6.07, 6.45) is 3.44. The highest BCUT2D eigenvalue weighted by atomic mass is 32.2. The summed E-state index contributed by atoms with van der Waals surface area (Å²) < 4.78 is 12.9. The number of nitrogens with one attached hydrogen (secondary N) is 1. The molecule has 17 heavy (non-hydrogen) atoms. The predicted octanol–water partition coefficient (Wildman–Crippen LogP) is 3.22. The Labute approximate surface area is 103 Å². The molecule has 5 heteroatoms. The van der Waals surface area contributed by atoms with Crippen molar-refractivity contribution in [1.29, 1.82) is 0 Å². The van der Waals surface area contributed by atoms with E-state index in [9.17, 15) is 4.39 Å². The van der Waals surface area contributed by atoms with E-state index in [0.29, 0.717) is 0 Å². The van der Waals surface area contributed by atoms with Crippen LogP contribution < -0.4 is 5.32 Å². The molecule has 0 atom stereocenters. The van der Waals surface area contributed by atoms with Gasteiger partial charge in [-0.05, 0) is 24.0 Å². The molecular formula is C12H12FN3S. The van der Waals surface area contributed by atoms with Crippen LogP contribution in [0.5, 0.6) is 0 Å². The molecule has 0 saturated heterocycles. The SMILES string of the molecule is CSCc1cccc(Nc2nccc(F)n2)c1. The van der Waals surface area contributed by atoms with Gasteiger partial charge >= 0.3 is 0 Å². The molecule has 0 saturated carbocycles. The molecule has 1 N–H and O–H groups in total. The van der Waals surface area contributed by atoms with Crippen molar-refractivity contribution in [1.82, 2.24) is 9.97 Å². The Hall–Kier alpha value is -1.62. The molecule has 3 nitrogen and oxygen atoms in total. The van der Waals surface area contributed by atoms with Gasteiger partial charge in [-0.15, -0.1) is 0 Å². The van der Waals surface area contributed by atoms with Crippen molar-refractivity contribution in [2.75, 3.05) is 11.6 Å². The Morgan fingerprint density at radius 2 is 2.24 bits per heavy atom. The Balaban J connectivity index is 2.15. The number of hydrogen-bond donors (Lipinski definition) is 1. The number of anilines is 2. The molecule has 2 rings (SSSR count). The van der Waals surface area contributed by atoms with Crippen molar-refractivity contribution >= 4 is 23.4 Å². The smallest absolute Gasteiger partial charge is 0.229 e. The van der Waals surface area contributed by atoms with Gasteiger partial charge in [0, 0.05) is 23.7 Å². The lowest BCUT2D eigenvalue weighted by Crippen LogP contribution is -1.98. The second-order valence-electron chi connectivity index (χ2n) is 3.46. The van der Waals surface area contributed by atoms with E-state index in [1.165, 1.54) is 17.8 Å². The number of thioether (sulfide) groups is 1. The molecule has 0 bridgehead atoms. The van der Waals surface area contributed by atoms with Crippen molar-refractivity contribution in [2.45, 2.75) is 5.75 Å². The zero-order chi connectivity index (χ0) is 12.1. The third-order valence-corrected chi connectivity index (χ3v) is 2.74. The van der Waals surface area contributed by atoms with Crippen LogP contribution in [0.1, 0.15) is 5.56 Å². The molecule has 1 aromatic carbocycles. The number of nitrogens with zero attached hydrogens (tertiary/aromatic N) is 2. The van der Waals surface area contributed by atoms with E-state index < -0.39 is 5.95 Å². The molecule has 2 aromatic rings. The number of hydrogen-bond acceptors (Lipinski definition) is 4. The second kappa shape index (κ2) is 5.63. The highest BCUT2D eigenvalue weighted by Crippen LogP contribution is 2.17. The summed E-state index contributed by atoms with van der Waals surface area (Å²) in [7, 11) is 0. The second-order valence-corrected chi connectivity index (χ2v) is 4.33. The van der Waals surface area contributed by atoms with E-state index in [1.54, 1.807) is 11.8 Å². The highest BCUT2D eigenvalue weighted by molar-refractivity contribution is 7.97. The van der Waals surface area contributed by atoms with E-state index in [0.717, 1.165) is 11.4 Å². The van der Waals surface area contributed by atoms with Crippen LogP contribution in [0.4, 0.5) is 16.0 Å². The monoisotopic (exact) mass is 249 g/mol. The van der Waals surface area contributed by atoms with Crippen molar-refractivity contribution in [3.8, 4) is 0 Å². The van der Waals surface area contributed by atoms with Crippen molar-refractivity contribution < 1.29 is 4.39 Å². The number of benzene rings is 1. The molecule has 0 aliphatic heterocycles. The minimum absolute atomic E-state index is 0.270. The van der Waals surface area contributed by atoms with E-state index in [2.05, 4.69) is 21.5 Å². The maximum Gasteiger partial charge on any atom is 0.229 e. The van der Waals surface area contributed by atoms with Gasteiger partial charge in [-0.1, -0.05) is 12.1 Å². The summed E-state index contributed by atoms with van der Waals surface area (Å²) in [5.41, 5.74) is 2.07. The van der Waals surface area contributed by atoms with E-state index in [1.807, 2.05) is 24.3 Å². The highest BCUT2D eigenvalue weighted by Gasteiger charge is 2.00. The zero-order valence-electron chi connectivity index (χ0n) is 9.35. The average Bonchev–Trinajstić information content (AvgIpc) is 2.30. The van der Waals surface area contributed by atoms with Gasteiger partial charge in [0.25, 0.3) is 0 Å². The number of aromatic nitrogens is 2. The summed E-state index contributed by atoms with van der Waals surface area (Å²) >= 11 is 1.75. The van der Waals surface area contributed by atoms with Gasteiger partial charge in [0.1, 0.15) is 0 Å². The van der Waals surface area contributed by atoms with Crippen LogP contribution >= 0.6 is 11.8 Å². The van der Waals surface area contributed by atoms with Gasteiger partial charge in [-0.3, -0.25) is 0 Å². The molecule has 0 radical (unpaired) electrons. The maximum atomic E-state index is 12.9. The lowest BCUT2D eigenvalue weighted by Gasteiger charge is -2.06. The van der Waals surface area contributed by atoms with Gasteiger partial charge in [0.05, 0.1) is 0 Å². The minimum atomic E-state index is -0.539. The fraction of sp³-hybridized carbons (Fsp3) is 0.167. The maximum absolute atomic E-state index is 12.9. The Morgan fingerprint density at radius 3 is 3.00 bits per heavy atom. The van der Waals surface area contributed by atoms with Crippen molar-refractivity contribution in [3.63, 3.8) is 0 Å². The first kappa shape index (κ1) is 11.9. The molecule has 0 unspecified atom stereocenters. The first-order valence-electron chi connectivity index (χ1n) is 5.11. The molecule has 0 aliphatic rings. The van der Waals surface area contributed by atoms with Crippen LogP contribution in [-0.4, -0.2) is 16.2 Å². The molecule has 0 amide bonds. The van der Waals surface area contributed by atoms with Gasteiger partial charge < -0.3 is 5.32 Å². The van der Waals surface area contributed by atoms with E-state index >= 15 is 0 Å². The standard InChI is InChI=1S/C12H12FN3S/c1-17-8-9-3-2-4-10(7-9)15-12-14-6-5-11(13)16-12/h2-7H,8H2,1H3,(H,14,15,16). The van der Waals surface area contributed by atoms with E-state index in [4.69, 9.17) is 0 Å². The van der Waals surface area contributed by atoms with Gasteiger partial charge in [-0.2, -0.15) is 21.1 Å². The fourth-order valence-corrected chi connectivity index (χ4v) is 1.94. The molecule has 1 aromatic heterocycles. The molecular weight excluding hydrogens is 237 g/mol. The van der Waals surface area contributed by atoms with Gasteiger partial charge in [0.2, 0.25) is 11.9 Å². The molecule has 0 spiro atoms. The van der Waals surface area contributed by atoms with Crippen LogP contribution in [0.15, 0.2) is 36.5 Å². The number of rotatable bonds is 4. The van der Waals surface area contributed by atoms with Crippen LogP contribution in [0.25, 0.3) is 0 Å². The first-order valence-corrected chi connectivity index (χ1v) is 6.51. The summed E-state index contributed by atoms with van der Waals surface area (Å²) in [5, 5.41) is 2.97. The molecule has 1 heterocycles. The van der Waals surface area contributed by atoms with Crippen LogP contribution in [0.3, 0.4) is 0 Å². The van der Waals surface area contributed by atoms with Gasteiger partial charge in [-0.25, -0.2) is 4.98 Å². The quantitative estimate of drug-likeness (QED) is 0.844. The van der Waals surface area contributed by atoms with Gasteiger partial charge in [0.15, 0.2) is 0 Å². The zero-order valence-corrected chi connectivity index (χ0v) is 10.2. The lowest BCUT2D eigenvalue weighted by atomic mass is 10.2. The summed E-state index contributed by atoms with van der Waals surface area (Å²) in [4.78, 5) is 7.59. The van der Waals surface area contributed by atoms with Crippen molar-refractivity contribution in [2.24, 2.45) is 0 Å². The Kier molecular flexibility index (Phi) is 3.93. The fourth-order valence-electron chi connectivity index (χ4n) is 1.43. The minimum Gasteiger partial charge on any atom is -0.324 e. The third-order valence-electron chi connectivity index (χ3n) is 2.12. The number of halogens is 1. The predicted molar refractivity (Wildman–Crippen MR) is 68.9 cm³/mol. The van der Waals surface area contributed by atoms with Crippen molar-refractivity contribution in [3.05, 3.63) is 48.0 Å². The van der Waals surface area contributed by atoms with Crippen LogP contribution in [0.2, 0.25) is 0 Å². The average molecular weight is 249 g/mol. The molecule has 0 fully saturated rings. The summed E-state index contributed by atoms with van der Waals surface area (Å²) in [6.45, 7) is 0. The third kappa shape index (κ3) is 3.42. The Morgan fingerprint density at radius 1 is 1.35 bits per heavy atom. The normalized spacial score (nSPS) is 10.2. The lowest BCUT2D eigenvalue weighted by molar-refractivity contribution is 0.582.